The van der Waals surface area contributed by atoms with Crippen LogP contribution in [0.1, 0.15) is 33.1 Å². The Hall–Kier alpha value is -1.32. The van der Waals surface area contributed by atoms with E-state index in [0.717, 1.165) is 19.3 Å². The number of carbonyl (C=O) groups excluding carboxylic acids is 2. The molecule has 0 aliphatic carbocycles. The number of methoxy groups -OCH3 is 1. The summed E-state index contributed by atoms with van der Waals surface area (Å²) >= 11 is 0. The molecule has 0 aromatic carbocycles. The third-order valence-electron chi connectivity index (χ3n) is 2.02. The van der Waals surface area contributed by atoms with E-state index in [-0.39, 0.29) is 11.7 Å². The van der Waals surface area contributed by atoms with Crippen molar-refractivity contribution in [3.8, 4) is 0 Å². The summed E-state index contributed by atoms with van der Waals surface area (Å²) in [7, 11) is 1.20. The average molecular weight is 214 g/mol. The third-order valence-corrected chi connectivity index (χ3v) is 2.02. The number of esters is 2. The summed E-state index contributed by atoms with van der Waals surface area (Å²) in [4.78, 5) is 22.3. The zero-order chi connectivity index (χ0) is 11.8. The monoisotopic (exact) mass is 214 g/mol. The van der Waals surface area contributed by atoms with Gasteiger partial charge >= 0.3 is 11.9 Å². The fourth-order valence-electron chi connectivity index (χ4n) is 1.10. The predicted octanol–water partition coefficient (Wildman–Crippen LogP) is 1.84. The number of ether oxygens (including phenoxy) is 2. The van der Waals surface area contributed by atoms with E-state index in [9.17, 15) is 9.59 Å². The Kier molecular flexibility index (Phi) is 6.42. The molecule has 0 bridgehead atoms. The van der Waals surface area contributed by atoms with Gasteiger partial charge in [-0.05, 0) is 12.8 Å². The van der Waals surface area contributed by atoms with Gasteiger partial charge in [-0.2, -0.15) is 0 Å². The summed E-state index contributed by atoms with van der Waals surface area (Å²) in [5, 5.41) is 0. The molecule has 0 N–H and O–H groups in total. The van der Waals surface area contributed by atoms with Gasteiger partial charge in [-0.25, -0.2) is 9.59 Å². The summed E-state index contributed by atoms with van der Waals surface area (Å²) in [6.07, 6.45) is 2.30. The zero-order valence-electron chi connectivity index (χ0n) is 9.54. The molecule has 15 heavy (non-hydrogen) atoms. The third kappa shape index (κ3) is 4.63. The zero-order valence-corrected chi connectivity index (χ0v) is 9.54. The van der Waals surface area contributed by atoms with Crippen molar-refractivity contribution in [2.24, 2.45) is 0 Å². The van der Waals surface area contributed by atoms with Gasteiger partial charge in [-0.3, -0.25) is 0 Å². The SMILES string of the molecule is C=C(C(=O)OC)C(=O)OC(CC)CCC. The topological polar surface area (TPSA) is 52.6 Å². The van der Waals surface area contributed by atoms with E-state index in [2.05, 4.69) is 11.3 Å². The predicted molar refractivity (Wildman–Crippen MR) is 56.2 cm³/mol. The second-order valence-electron chi connectivity index (χ2n) is 3.19. The Morgan fingerprint density at radius 1 is 1.27 bits per heavy atom. The first-order valence-electron chi connectivity index (χ1n) is 5.04. The van der Waals surface area contributed by atoms with Crippen molar-refractivity contribution in [2.45, 2.75) is 39.2 Å². The van der Waals surface area contributed by atoms with Crippen molar-refractivity contribution in [2.75, 3.05) is 7.11 Å². The molecular formula is C11H18O4. The quantitative estimate of drug-likeness (QED) is 0.293. The van der Waals surface area contributed by atoms with Crippen molar-refractivity contribution < 1.29 is 19.1 Å². The lowest BCUT2D eigenvalue weighted by Gasteiger charge is -2.15. The molecule has 0 aliphatic heterocycles. The van der Waals surface area contributed by atoms with Gasteiger partial charge in [0.15, 0.2) is 0 Å². The highest BCUT2D eigenvalue weighted by Gasteiger charge is 2.20. The van der Waals surface area contributed by atoms with Crippen LogP contribution in [0.3, 0.4) is 0 Å². The van der Waals surface area contributed by atoms with Crippen molar-refractivity contribution in [1.82, 2.24) is 0 Å². The maximum atomic E-state index is 11.4. The van der Waals surface area contributed by atoms with E-state index in [1.165, 1.54) is 7.11 Å². The number of rotatable bonds is 6. The molecule has 0 aromatic heterocycles. The van der Waals surface area contributed by atoms with Crippen molar-refractivity contribution >= 4 is 11.9 Å². The first kappa shape index (κ1) is 13.7. The maximum absolute atomic E-state index is 11.4. The van der Waals surface area contributed by atoms with Crippen LogP contribution in [0.25, 0.3) is 0 Å². The van der Waals surface area contributed by atoms with Crippen LogP contribution in [-0.2, 0) is 19.1 Å². The van der Waals surface area contributed by atoms with E-state index in [4.69, 9.17) is 4.74 Å². The molecule has 1 atom stereocenters. The van der Waals surface area contributed by atoms with Gasteiger partial charge in [-0.1, -0.05) is 26.8 Å². The number of carbonyl (C=O) groups is 2. The van der Waals surface area contributed by atoms with Crippen molar-refractivity contribution in [1.29, 1.82) is 0 Å². The van der Waals surface area contributed by atoms with Crippen LogP contribution in [0, 0.1) is 0 Å². The highest BCUT2D eigenvalue weighted by Crippen LogP contribution is 2.09. The lowest BCUT2D eigenvalue weighted by atomic mass is 10.1. The van der Waals surface area contributed by atoms with Gasteiger partial charge < -0.3 is 9.47 Å². The highest BCUT2D eigenvalue weighted by molar-refractivity contribution is 6.13. The second-order valence-corrected chi connectivity index (χ2v) is 3.19. The van der Waals surface area contributed by atoms with Gasteiger partial charge in [0.05, 0.1) is 7.11 Å². The van der Waals surface area contributed by atoms with E-state index in [1.54, 1.807) is 0 Å². The Morgan fingerprint density at radius 2 is 1.87 bits per heavy atom. The molecule has 0 heterocycles. The molecule has 0 saturated heterocycles. The molecule has 0 aliphatic rings. The van der Waals surface area contributed by atoms with Crippen LogP contribution in [0.4, 0.5) is 0 Å². The van der Waals surface area contributed by atoms with Gasteiger partial charge in [0.1, 0.15) is 11.7 Å². The summed E-state index contributed by atoms with van der Waals surface area (Å²) in [6.45, 7) is 7.25. The fraction of sp³-hybridized carbons (Fsp3) is 0.636. The summed E-state index contributed by atoms with van der Waals surface area (Å²) in [6, 6.07) is 0. The Morgan fingerprint density at radius 3 is 2.27 bits per heavy atom. The minimum atomic E-state index is -0.744. The van der Waals surface area contributed by atoms with E-state index in [1.807, 2.05) is 13.8 Å². The minimum absolute atomic E-state index is 0.149. The standard InChI is InChI=1S/C11H18O4/c1-5-7-9(6-2)15-11(13)8(3)10(12)14-4/h9H,3,5-7H2,1-2,4H3. The van der Waals surface area contributed by atoms with Gasteiger partial charge in [0.25, 0.3) is 0 Å². The minimum Gasteiger partial charge on any atom is -0.465 e. The first-order valence-corrected chi connectivity index (χ1v) is 5.04. The molecular weight excluding hydrogens is 196 g/mol. The normalized spacial score (nSPS) is 11.7. The lowest BCUT2D eigenvalue weighted by Crippen LogP contribution is -2.22. The molecule has 0 fully saturated rings. The molecule has 0 spiro atoms. The Bertz CT molecular complexity index is 245. The molecule has 0 amide bonds. The number of hydrogen-bond acceptors (Lipinski definition) is 4. The largest absolute Gasteiger partial charge is 0.465 e. The Balaban J connectivity index is 4.22. The Labute approximate surface area is 90.2 Å². The van der Waals surface area contributed by atoms with Gasteiger partial charge in [-0.15, -0.1) is 0 Å². The smallest absolute Gasteiger partial charge is 0.345 e. The summed E-state index contributed by atoms with van der Waals surface area (Å²) < 4.78 is 9.45. The lowest BCUT2D eigenvalue weighted by molar-refractivity contribution is -0.149. The van der Waals surface area contributed by atoms with Crippen LogP contribution >= 0.6 is 0 Å². The molecule has 86 valence electrons. The van der Waals surface area contributed by atoms with Crippen LogP contribution in [0.2, 0.25) is 0 Å². The van der Waals surface area contributed by atoms with E-state index >= 15 is 0 Å². The maximum Gasteiger partial charge on any atom is 0.345 e. The summed E-state index contributed by atoms with van der Waals surface area (Å²) in [5.41, 5.74) is -0.257. The van der Waals surface area contributed by atoms with Crippen LogP contribution < -0.4 is 0 Å². The number of hydrogen-bond donors (Lipinski definition) is 0. The fourth-order valence-corrected chi connectivity index (χ4v) is 1.10. The van der Waals surface area contributed by atoms with Gasteiger partial charge in [0, 0.05) is 0 Å². The first-order chi connectivity index (χ1) is 7.06. The van der Waals surface area contributed by atoms with Crippen LogP contribution in [0.5, 0.6) is 0 Å². The molecule has 0 saturated carbocycles. The molecule has 0 rings (SSSR count). The molecule has 4 heteroatoms. The average Bonchev–Trinajstić information content (AvgIpc) is 2.26. The van der Waals surface area contributed by atoms with Gasteiger partial charge in [0.2, 0.25) is 0 Å². The molecule has 0 radical (unpaired) electrons. The van der Waals surface area contributed by atoms with Crippen molar-refractivity contribution in [3.63, 3.8) is 0 Å². The van der Waals surface area contributed by atoms with E-state index < -0.39 is 11.9 Å². The molecule has 1 unspecified atom stereocenters. The van der Waals surface area contributed by atoms with E-state index in [0.29, 0.717) is 0 Å². The summed E-state index contributed by atoms with van der Waals surface area (Å²) in [5.74, 6) is -1.44. The highest BCUT2D eigenvalue weighted by atomic mass is 16.6. The van der Waals surface area contributed by atoms with Crippen LogP contribution in [0.15, 0.2) is 12.2 Å². The molecule has 0 aromatic rings. The second kappa shape index (κ2) is 7.04. The molecule has 4 nitrogen and oxygen atoms in total. The van der Waals surface area contributed by atoms with Crippen molar-refractivity contribution in [3.05, 3.63) is 12.2 Å². The van der Waals surface area contributed by atoms with Crippen LogP contribution in [-0.4, -0.2) is 25.2 Å².